The highest BCUT2D eigenvalue weighted by molar-refractivity contribution is 6.31. The maximum Gasteiger partial charge on any atom is 0.250 e. The van der Waals surface area contributed by atoms with E-state index >= 15 is 4.79 Å². The van der Waals surface area contributed by atoms with E-state index in [0.717, 1.165) is 40.7 Å². The van der Waals surface area contributed by atoms with Gasteiger partial charge in [-0.2, -0.15) is 0 Å². The zero-order chi connectivity index (χ0) is 31.2. The lowest BCUT2D eigenvalue weighted by Crippen LogP contribution is -2.52. The summed E-state index contributed by atoms with van der Waals surface area (Å²) in [4.78, 5) is 37.0. The second-order valence-electron chi connectivity index (χ2n) is 12.4. The fourth-order valence-electron chi connectivity index (χ4n) is 8.34. The monoisotopic (exact) mass is 630 g/mol. The largest absolute Gasteiger partial charge is 0.324 e. The molecular formula is C36H28ClFN6O2. The molecule has 4 aromatic carbocycles. The minimum absolute atomic E-state index is 0.155. The molecule has 4 aliphatic rings. The Bertz CT molecular complexity index is 2090. The van der Waals surface area contributed by atoms with Crippen molar-refractivity contribution in [3.05, 3.63) is 125 Å². The Morgan fingerprint density at radius 2 is 1.76 bits per heavy atom. The van der Waals surface area contributed by atoms with Crippen molar-refractivity contribution in [3.8, 4) is 0 Å². The van der Waals surface area contributed by atoms with E-state index < -0.39 is 23.2 Å². The quantitative estimate of drug-likeness (QED) is 0.186. The lowest BCUT2D eigenvalue weighted by Gasteiger charge is -2.37. The van der Waals surface area contributed by atoms with E-state index in [2.05, 4.69) is 27.2 Å². The maximum atomic E-state index is 15.0. The summed E-state index contributed by atoms with van der Waals surface area (Å²) in [5.74, 6) is -1.58. The molecule has 1 spiro atoms. The van der Waals surface area contributed by atoms with Crippen LogP contribution in [-0.4, -0.2) is 34.2 Å². The van der Waals surface area contributed by atoms with E-state index in [-0.39, 0.29) is 17.7 Å². The summed E-state index contributed by atoms with van der Waals surface area (Å²) in [6, 6.07) is 28.8. The number of nitrogens with zero attached hydrogens (tertiary/aromatic N) is 3. The van der Waals surface area contributed by atoms with Gasteiger partial charge in [-0.05, 0) is 86.1 Å². The summed E-state index contributed by atoms with van der Waals surface area (Å²) in [6.07, 6.45) is 1.66. The Labute approximate surface area is 269 Å². The molecule has 5 aromatic rings. The minimum atomic E-state index is -1.32. The van der Waals surface area contributed by atoms with Crippen LogP contribution in [0.4, 0.5) is 27.3 Å². The van der Waals surface area contributed by atoms with Crippen LogP contribution in [0, 0.1) is 11.7 Å². The first-order valence-electron chi connectivity index (χ1n) is 15.4. The van der Waals surface area contributed by atoms with Crippen molar-refractivity contribution in [2.24, 2.45) is 5.92 Å². The molecule has 4 unspecified atom stereocenters. The topological polar surface area (TPSA) is 89.6 Å². The molecule has 2 fully saturated rings. The average molecular weight is 631 g/mol. The molecule has 10 heteroatoms. The third kappa shape index (κ3) is 3.76. The summed E-state index contributed by atoms with van der Waals surface area (Å²) in [7, 11) is 0. The van der Waals surface area contributed by atoms with Gasteiger partial charge in [-0.1, -0.05) is 41.9 Å². The predicted octanol–water partition coefficient (Wildman–Crippen LogP) is 6.92. The number of nitrogens with one attached hydrogen (secondary N) is 3. The molecule has 4 atom stereocenters. The smallest absolute Gasteiger partial charge is 0.250 e. The van der Waals surface area contributed by atoms with E-state index in [1.54, 1.807) is 6.07 Å². The molecule has 3 N–H and O–H groups in total. The molecule has 9 rings (SSSR count). The van der Waals surface area contributed by atoms with Crippen molar-refractivity contribution in [3.63, 3.8) is 0 Å². The lowest BCUT2D eigenvalue weighted by atomic mass is 9.68. The summed E-state index contributed by atoms with van der Waals surface area (Å²) >= 11 is 6.60. The van der Waals surface area contributed by atoms with Crippen molar-refractivity contribution < 1.29 is 14.0 Å². The lowest BCUT2D eigenvalue weighted by molar-refractivity contribution is -0.127. The van der Waals surface area contributed by atoms with Crippen molar-refractivity contribution in [2.75, 3.05) is 22.3 Å². The molecule has 0 bridgehead atoms. The van der Waals surface area contributed by atoms with Gasteiger partial charge in [0.05, 0.1) is 22.8 Å². The van der Waals surface area contributed by atoms with Gasteiger partial charge in [0.25, 0.3) is 0 Å². The van der Waals surface area contributed by atoms with Crippen LogP contribution in [0.1, 0.15) is 40.2 Å². The summed E-state index contributed by atoms with van der Waals surface area (Å²) in [5.41, 5.74) is 10.3. The fraction of sp³-hybridized carbons (Fsp3) is 0.194. The SMILES string of the molecule is O=C(c1ccc(F)cc1)C1C(c2cc3ccccc3nc2N2NNc3ccccc32)C2CCCN2C12C(=O)Nc1ccc(Cl)cc12. The summed E-state index contributed by atoms with van der Waals surface area (Å²) in [5, 5.41) is 6.43. The molecule has 1 amide bonds. The highest BCUT2D eigenvalue weighted by atomic mass is 35.5. The average Bonchev–Trinajstić information content (AvgIpc) is 3.84. The molecule has 8 nitrogen and oxygen atoms in total. The van der Waals surface area contributed by atoms with Crippen LogP contribution in [0.3, 0.4) is 0 Å². The molecule has 228 valence electrons. The van der Waals surface area contributed by atoms with Crippen molar-refractivity contribution in [1.82, 2.24) is 15.4 Å². The third-order valence-corrected chi connectivity index (χ3v) is 10.4. The van der Waals surface area contributed by atoms with Crippen LogP contribution in [-0.2, 0) is 10.3 Å². The van der Waals surface area contributed by atoms with Crippen molar-refractivity contribution in [2.45, 2.75) is 30.3 Å². The number of hydrazine groups is 2. The normalized spacial score (nSPS) is 24.6. The van der Waals surface area contributed by atoms with Crippen LogP contribution in [0.2, 0.25) is 5.02 Å². The standard InChI is InChI=1S/C36H28ClFN6O2/c37-22-13-16-27-25(19-22)36(35(46)40-27)32(33(45)20-11-14-23(38)15-12-20)31(30-10-5-17-43(30)36)24-18-21-6-1-2-7-26(21)39-34(24)44-29-9-4-3-8-28(29)41-42-44/h1-4,6-9,11-16,18-19,30-32,41-42H,5,10,17H2,(H,40,46). The van der Waals surface area contributed by atoms with Gasteiger partial charge in [0.1, 0.15) is 11.4 Å². The molecule has 0 aliphatic carbocycles. The Balaban J connectivity index is 1.33. The van der Waals surface area contributed by atoms with E-state index in [0.29, 0.717) is 34.2 Å². The number of anilines is 4. The molecule has 5 heterocycles. The number of fused-ring (bicyclic) bond motifs is 6. The zero-order valence-corrected chi connectivity index (χ0v) is 25.3. The summed E-state index contributed by atoms with van der Waals surface area (Å²) in [6.45, 7) is 0.635. The van der Waals surface area contributed by atoms with E-state index in [9.17, 15) is 9.18 Å². The van der Waals surface area contributed by atoms with Crippen LogP contribution < -0.4 is 21.3 Å². The van der Waals surface area contributed by atoms with Crippen LogP contribution in [0.25, 0.3) is 10.9 Å². The zero-order valence-electron chi connectivity index (χ0n) is 24.5. The van der Waals surface area contributed by atoms with E-state index in [1.165, 1.54) is 24.3 Å². The number of hydrogen-bond donors (Lipinski definition) is 3. The number of halogens is 2. The van der Waals surface area contributed by atoms with Crippen molar-refractivity contribution >= 4 is 57.1 Å². The van der Waals surface area contributed by atoms with Gasteiger partial charge in [0.2, 0.25) is 5.91 Å². The Morgan fingerprint density at radius 1 is 0.957 bits per heavy atom. The number of carbonyl (C=O) groups is 2. The van der Waals surface area contributed by atoms with Gasteiger partial charge in [-0.25, -0.2) is 14.4 Å². The predicted molar refractivity (Wildman–Crippen MR) is 176 cm³/mol. The highest BCUT2D eigenvalue weighted by Gasteiger charge is 2.69. The first-order valence-corrected chi connectivity index (χ1v) is 15.8. The first kappa shape index (κ1) is 27.5. The number of benzene rings is 4. The molecule has 4 aliphatic heterocycles. The van der Waals surface area contributed by atoms with Crippen molar-refractivity contribution in [1.29, 1.82) is 0 Å². The second-order valence-corrected chi connectivity index (χ2v) is 12.8. The number of aromatic nitrogens is 1. The number of para-hydroxylation sites is 3. The van der Waals surface area contributed by atoms with Gasteiger partial charge in [0.15, 0.2) is 11.6 Å². The van der Waals surface area contributed by atoms with Crippen LogP contribution in [0.5, 0.6) is 0 Å². The molecular weight excluding hydrogens is 603 g/mol. The Morgan fingerprint density at radius 3 is 2.63 bits per heavy atom. The van der Waals surface area contributed by atoms with Gasteiger partial charge < -0.3 is 10.7 Å². The number of pyridine rings is 1. The molecule has 46 heavy (non-hydrogen) atoms. The van der Waals surface area contributed by atoms with Gasteiger partial charge in [0, 0.05) is 44.7 Å². The first-order chi connectivity index (χ1) is 22.4. The fourth-order valence-corrected chi connectivity index (χ4v) is 8.51. The number of ketones is 1. The number of amides is 1. The number of carbonyl (C=O) groups excluding carboxylic acids is 2. The second kappa shape index (κ2) is 10.1. The molecule has 1 aromatic heterocycles. The Kier molecular flexibility index (Phi) is 6.02. The molecule has 0 radical (unpaired) electrons. The number of rotatable bonds is 4. The maximum absolute atomic E-state index is 15.0. The third-order valence-electron chi connectivity index (χ3n) is 10.1. The minimum Gasteiger partial charge on any atom is -0.324 e. The Hall–Kier alpha value is -4.83. The van der Waals surface area contributed by atoms with Gasteiger partial charge in [-0.15, -0.1) is 5.53 Å². The number of Topliss-reactive ketones (excluding diaryl/α,β-unsaturated/α-hetero) is 1. The van der Waals surface area contributed by atoms with Gasteiger partial charge in [-0.3, -0.25) is 14.5 Å². The van der Waals surface area contributed by atoms with Crippen LogP contribution in [0.15, 0.2) is 97.1 Å². The van der Waals surface area contributed by atoms with Crippen LogP contribution >= 0.6 is 11.6 Å². The molecule has 2 saturated heterocycles. The molecule has 0 saturated carbocycles. The number of hydrogen-bond acceptors (Lipinski definition) is 7. The van der Waals surface area contributed by atoms with E-state index in [4.69, 9.17) is 16.6 Å². The van der Waals surface area contributed by atoms with E-state index in [1.807, 2.05) is 65.7 Å². The summed E-state index contributed by atoms with van der Waals surface area (Å²) < 4.78 is 14.1. The van der Waals surface area contributed by atoms with Gasteiger partial charge >= 0.3 is 0 Å². The highest BCUT2D eigenvalue weighted by Crippen LogP contribution is 2.62.